The highest BCUT2D eigenvalue weighted by Gasteiger charge is 2.68. The Hall–Kier alpha value is -1.48. The Bertz CT molecular complexity index is 816. The standard InChI is InChI=1S/C16H18F3N3O2S/c17-16(18,19)15(20-21-15)13-5-3-7-22(9-13)25(23,24)10-12-8-11-4-1-2-6-14(11)12/h1-2,4,6,12-13H,3,5,7-10H2. The van der Waals surface area contributed by atoms with E-state index in [0.29, 0.717) is 12.8 Å². The van der Waals surface area contributed by atoms with Crippen LogP contribution in [0, 0.1) is 5.92 Å². The van der Waals surface area contributed by atoms with Crippen LogP contribution in [0.1, 0.15) is 29.9 Å². The summed E-state index contributed by atoms with van der Waals surface area (Å²) in [4.78, 5) is 0. The van der Waals surface area contributed by atoms with Gasteiger partial charge in [0.05, 0.1) is 5.75 Å². The lowest BCUT2D eigenvalue weighted by atomic mass is 9.79. The molecule has 2 aliphatic heterocycles. The van der Waals surface area contributed by atoms with Crippen LogP contribution in [0.15, 0.2) is 34.5 Å². The van der Waals surface area contributed by atoms with E-state index in [0.717, 1.165) is 11.1 Å². The van der Waals surface area contributed by atoms with Crippen LogP contribution in [0.25, 0.3) is 0 Å². The summed E-state index contributed by atoms with van der Waals surface area (Å²) in [5.74, 6) is -1.05. The van der Waals surface area contributed by atoms with Gasteiger partial charge in [-0.25, -0.2) is 12.7 Å². The maximum atomic E-state index is 13.2. The molecule has 1 aromatic carbocycles. The Labute approximate surface area is 144 Å². The number of fused-ring (bicyclic) bond motifs is 1. The molecule has 1 saturated heterocycles. The van der Waals surface area contributed by atoms with E-state index in [9.17, 15) is 21.6 Å². The first-order valence-electron chi connectivity index (χ1n) is 8.29. The molecule has 1 aromatic rings. The lowest BCUT2D eigenvalue weighted by Crippen LogP contribution is -2.50. The third-order valence-electron chi connectivity index (χ3n) is 5.45. The maximum Gasteiger partial charge on any atom is 0.438 e. The molecule has 1 fully saturated rings. The van der Waals surface area contributed by atoms with Gasteiger partial charge in [0.25, 0.3) is 5.66 Å². The van der Waals surface area contributed by atoms with E-state index in [-0.39, 0.29) is 31.2 Å². The highest BCUT2D eigenvalue weighted by Crippen LogP contribution is 2.52. The molecule has 1 aliphatic carbocycles. The molecule has 5 nitrogen and oxygen atoms in total. The monoisotopic (exact) mass is 373 g/mol. The largest absolute Gasteiger partial charge is 0.438 e. The summed E-state index contributed by atoms with van der Waals surface area (Å²) in [6.45, 7) is 0.102. The zero-order valence-electron chi connectivity index (χ0n) is 13.4. The van der Waals surface area contributed by atoms with Gasteiger partial charge < -0.3 is 0 Å². The van der Waals surface area contributed by atoms with Gasteiger partial charge in [-0.15, -0.1) is 10.2 Å². The second-order valence-electron chi connectivity index (χ2n) is 7.00. The van der Waals surface area contributed by atoms with E-state index >= 15 is 0 Å². The fourth-order valence-corrected chi connectivity index (χ4v) is 5.79. The molecule has 2 unspecified atom stereocenters. The van der Waals surface area contributed by atoms with Gasteiger partial charge in [-0.05, 0) is 30.4 Å². The van der Waals surface area contributed by atoms with Crippen molar-refractivity contribution >= 4 is 10.0 Å². The van der Waals surface area contributed by atoms with Crippen molar-refractivity contribution in [2.45, 2.75) is 37.0 Å². The van der Waals surface area contributed by atoms with E-state index < -0.39 is 27.8 Å². The molecule has 2 heterocycles. The third-order valence-corrected chi connectivity index (χ3v) is 7.39. The first-order chi connectivity index (χ1) is 11.7. The van der Waals surface area contributed by atoms with Crippen LogP contribution in [0.5, 0.6) is 0 Å². The van der Waals surface area contributed by atoms with Crippen molar-refractivity contribution in [3.8, 4) is 0 Å². The first-order valence-corrected chi connectivity index (χ1v) is 9.90. The van der Waals surface area contributed by atoms with Crippen LogP contribution >= 0.6 is 0 Å². The predicted molar refractivity (Wildman–Crippen MR) is 84.6 cm³/mol. The SMILES string of the molecule is O=S(=O)(CC1Cc2ccccc21)N1CCCC(C2(C(F)(F)F)N=N2)C1. The minimum atomic E-state index is -4.56. The molecule has 0 bridgehead atoms. The van der Waals surface area contributed by atoms with Gasteiger partial charge in [0.15, 0.2) is 0 Å². The van der Waals surface area contributed by atoms with Gasteiger partial charge in [-0.1, -0.05) is 24.3 Å². The molecule has 0 amide bonds. The quantitative estimate of drug-likeness (QED) is 0.814. The average Bonchev–Trinajstić information content (AvgIpc) is 3.34. The fourth-order valence-electron chi connectivity index (χ4n) is 3.96. The second-order valence-corrected chi connectivity index (χ2v) is 9.01. The van der Waals surface area contributed by atoms with Crippen molar-refractivity contribution in [1.82, 2.24) is 4.31 Å². The molecule has 0 aromatic heterocycles. The van der Waals surface area contributed by atoms with Crippen molar-refractivity contribution in [3.05, 3.63) is 35.4 Å². The second kappa shape index (κ2) is 5.51. The zero-order valence-corrected chi connectivity index (χ0v) is 14.2. The average molecular weight is 373 g/mol. The van der Waals surface area contributed by atoms with Crippen LogP contribution in [-0.4, -0.2) is 43.4 Å². The van der Waals surface area contributed by atoms with E-state index in [1.54, 1.807) is 0 Å². The highest BCUT2D eigenvalue weighted by atomic mass is 32.2. The number of nitrogens with zero attached hydrogens (tertiary/aromatic N) is 3. The summed E-state index contributed by atoms with van der Waals surface area (Å²) < 4.78 is 66.2. The Balaban J connectivity index is 1.46. The number of sulfonamides is 1. The first kappa shape index (κ1) is 17.0. The van der Waals surface area contributed by atoms with Crippen LogP contribution in [-0.2, 0) is 16.4 Å². The van der Waals surface area contributed by atoms with E-state index in [4.69, 9.17) is 0 Å². The highest BCUT2D eigenvalue weighted by molar-refractivity contribution is 7.89. The number of piperidine rings is 1. The molecule has 0 radical (unpaired) electrons. The summed E-state index contributed by atoms with van der Waals surface area (Å²) in [5, 5.41) is 6.48. The van der Waals surface area contributed by atoms with E-state index in [2.05, 4.69) is 10.2 Å². The molecule has 0 saturated carbocycles. The third kappa shape index (κ3) is 2.77. The number of benzene rings is 1. The van der Waals surface area contributed by atoms with E-state index in [1.165, 1.54) is 4.31 Å². The van der Waals surface area contributed by atoms with Crippen LogP contribution in [0.4, 0.5) is 13.2 Å². The molecule has 4 rings (SSSR count). The van der Waals surface area contributed by atoms with Crippen molar-refractivity contribution in [1.29, 1.82) is 0 Å². The number of hydrogen-bond acceptors (Lipinski definition) is 4. The fraction of sp³-hybridized carbons (Fsp3) is 0.625. The Kier molecular flexibility index (Phi) is 3.74. The van der Waals surface area contributed by atoms with Crippen molar-refractivity contribution in [3.63, 3.8) is 0 Å². The van der Waals surface area contributed by atoms with Crippen molar-refractivity contribution < 1.29 is 21.6 Å². The predicted octanol–water partition coefficient (Wildman–Crippen LogP) is 3.09. The van der Waals surface area contributed by atoms with Crippen LogP contribution in [0.2, 0.25) is 0 Å². The minimum Gasteiger partial charge on any atom is -0.212 e. The number of halogens is 3. The molecule has 2 atom stereocenters. The number of alkyl halides is 3. The van der Waals surface area contributed by atoms with Crippen molar-refractivity contribution in [2.24, 2.45) is 16.1 Å². The normalized spacial score (nSPS) is 28.3. The van der Waals surface area contributed by atoms with Crippen LogP contribution < -0.4 is 0 Å². The van der Waals surface area contributed by atoms with Gasteiger partial charge in [-0.3, -0.25) is 0 Å². The summed E-state index contributed by atoms with van der Waals surface area (Å²) in [5.41, 5.74) is -0.214. The zero-order chi connectivity index (χ0) is 17.9. The molecular weight excluding hydrogens is 355 g/mol. The Morgan fingerprint density at radius 1 is 1.24 bits per heavy atom. The topological polar surface area (TPSA) is 62.1 Å². The van der Waals surface area contributed by atoms with Crippen molar-refractivity contribution in [2.75, 3.05) is 18.8 Å². The number of hydrogen-bond donors (Lipinski definition) is 0. The Morgan fingerprint density at radius 2 is 1.96 bits per heavy atom. The summed E-state index contributed by atoms with van der Waals surface area (Å²) >= 11 is 0. The molecule has 3 aliphatic rings. The lowest BCUT2D eigenvalue weighted by molar-refractivity contribution is -0.179. The van der Waals surface area contributed by atoms with Crippen LogP contribution in [0.3, 0.4) is 0 Å². The van der Waals surface area contributed by atoms with Gasteiger partial charge in [-0.2, -0.15) is 13.2 Å². The smallest absolute Gasteiger partial charge is 0.212 e. The van der Waals surface area contributed by atoms with Gasteiger partial charge >= 0.3 is 6.18 Å². The maximum absolute atomic E-state index is 13.2. The van der Waals surface area contributed by atoms with Gasteiger partial charge in [0.2, 0.25) is 10.0 Å². The molecule has 0 spiro atoms. The van der Waals surface area contributed by atoms with Gasteiger partial charge in [0, 0.05) is 24.9 Å². The summed E-state index contributed by atoms with van der Waals surface area (Å²) in [6, 6.07) is 7.67. The number of rotatable bonds is 4. The molecule has 25 heavy (non-hydrogen) atoms. The summed E-state index contributed by atoms with van der Waals surface area (Å²) in [6.07, 6.45) is -3.18. The summed E-state index contributed by atoms with van der Waals surface area (Å²) in [7, 11) is -3.61. The lowest BCUT2D eigenvalue weighted by Gasteiger charge is -2.37. The molecule has 9 heteroatoms. The molecule has 0 N–H and O–H groups in total. The molecule has 136 valence electrons. The Morgan fingerprint density at radius 3 is 2.60 bits per heavy atom. The minimum absolute atomic E-state index is 0.0516. The van der Waals surface area contributed by atoms with E-state index in [1.807, 2.05) is 24.3 Å². The molecular formula is C16H18F3N3O2S. The van der Waals surface area contributed by atoms with Gasteiger partial charge in [0.1, 0.15) is 0 Å².